The van der Waals surface area contributed by atoms with Crippen LogP contribution in [0.15, 0.2) is 36.9 Å². The molecule has 0 aliphatic carbocycles. The van der Waals surface area contributed by atoms with Crippen molar-refractivity contribution < 1.29 is 14.4 Å². The summed E-state index contributed by atoms with van der Waals surface area (Å²) in [5, 5.41) is 9.53. The number of aromatic nitrogens is 4. The summed E-state index contributed by atoms with van der Waals surface area (Å²) in [6, 6.07) is 6.24. The summed E-state index contributed by atoms with van der Waals surface area (Å²) in [5.74, 6) is -0.660. The number of aryl methyl sites for hydroxylation is 1. The fraction of sp³-hybridized carbons (Fsp3) is 0.250. The zero-order chi connectivity index (χ0) is 21.1. The third-order valence-corrected chi connectivity index (χ3v) is 4.64. The maximum atomic E-state index is 12.6. The zero-order valence-electron chi connectivity index (χ0n) is 16.6. The molecule has 3 N–H and O–H groups in total. The molecule has 2 aromatic heterocycles. The highest BCUT2D eigenvalue weighted by atomic mass is 16.2. The van der Waals surface area contributed by atoms with Crippen LogP contribution in [0.5, 0.6) is 0 Å². The molecular weight excluding hydrogens is 372 g/mol. The number of carbonyl (C=O) groups is 3. The molecule has 3 aromatic rings. The predicted octanol–water partition coefficient (Wildman–Crippen LogP) is 2.88. The van der Waals surface area contributed by atoms with Gasteiger partial charge in [-0.25, -0.2) is 9.67 Å². The van der Waals surface area contributed by atoms with Gasteiger partial charge in [-0.1, -0.05) is 0 Å². The summed E-state index contributed by atoms with van der Waals surface area (Å²) in [5.41, 5.74) is 3.33. The van der Waals surface area contributed by atoms with Gasteiger partial charge in [-0.15, -0.1) is 0 Å². The molecule has 1 unspecified atom stereocenters. The number of aromatic amines is 1. The second-order valence-electron chi connectivity index (χ2n) is 6.75. The second-order valence-corrected chi connectivity index (χ2v) is 6.75. The molecule has 150 valence electrons. The standard InChI is InChI=1S/C20H22N6O3/c1-11-17(14(4)27)12(2)23-18(11)20(29)25-16-7-5-15(6-8-16)24-19(28)13(3)26-10-21-9-22-26/h5-10,13,23H,1-4H3,(H,24,28)(H,25,29). The third kappa shape index (κ3) is 4.23. The summed E-state index contributed by atoms with van der Waals surface area (Å²) in [7, 11) is 0. The number of benzene rings is 1. The summed E-state index contributed by atoms with van der Waals surface area (Å²) >= 11 is 0. The number of hydrogen-bond donors (Lipinski definition) is 3. The van der Waals surface area contributed by atoms with Crippen molar-refractivity contribution >= 4 is 29.0 Å². The topological polar surface area (TPSA) is 122 Å². The number of amides is 2. The van der Waals surface area contributed by atoms with Gasteiger partial charge in [0, 0.05) is 22.6 Å². The van der Waals surface area contributed by atoms with E-state index in [0.717, 1.165) is 0 Å². The Bertz CT molecular complexity index is 1050. The lowest BCUT2D eigenvalue weighted by molar-refractivity contribution is -0.119. The molecule has 2 heterocycles. The quantitative estimate of drug-likeness (QED) is 0.555. The van der Waals surface area contributed by atoms with Crippen molar-refractivity contribution in [2.24, 2.45) is 0 Å². The molecule has 9 heteroatoms. The number of nitrogens with zero attached hydrogens (tertiary/aromatic N) is 3. The molecule has 0 radical (unpaired) electrons. The van der Waals surface area contributed by atoms with Crippen molar-refractivity contribution in [2.75, 3.05) is 10.6 Å². The molecule has 0 bridgehead atoms. The summed E-state index contributed by atoms with van der Waals surface area (Å²) in [4.78, 5) is 43.4. The lowest BCUT2D eigenvalue weighted by Gasteiger charge is -2.12. The van der Waals surface area contributed by atoms with Crippen molar-refractivity contribution in [2.45, 2.75) is 33.7 Å². The van der Waals surface area contributed by atoms with Crippen LogP contribution in [0.1, 0.15) is 52.0 Å². The summed E-state index contributed by atoms with van der Waals surface area (Å²) in [6.45, 7) is 6.69. The van der Waals surface area contributed by atoms with Gasteiger partial charge in [-0.05, 0) is 57.5 Å². The largest absolute Gasteiger partial charge is 0.354 e. The molecular formula is C20H22N6O3. The van der Waals surface area contributed by atoms with Crippen molar-refractivity contribution in [3.05, 3.63) is 59.4 Å². The minimum absolute atomic E-state index is 0.0875. The first-order valence-electron chi connectivity index (χ1n) is 9.04. The van der Waals surface area contributed by atoms with Crippen LogP contribution in [-0.4, -0.2) is 37.3 Å². The minimum Gasteiger partial charge on any atom is -0.354 e. The molecule has 9 nitrogen and oxygen atoms in total. The first-order valence-corrected chi connectivity index (χ1v) is 9.04. The van der Waals surface area contributed by atoms with Crippen molar-refractivity contribution in [3.63, 3.8) is 0 Å². The van der Waals surface area contributed by atoms with Crippen LogP contribution >= 0.6 is 0 Å². The van der Waals surface area contributed by atoms with E-state index in [2.05, 4.69) is 25.7 Å². The highest BCUT2D eigenvalue weighted by Gasteiger charge is 2.20. The number of ketones is 1. The smallest absolute Gasteiger partial charge is 0.272 e. The number of nitrogens with one attached hydrogen (secondary N) is 3. The minimum atomic E-state index is -0.508. The van der Waals surface area contributed by atoms with Crippen LogP contribution in [-0.2, 0) is 4.79 Å². The van der Waals surface area contributed by atoms with Crippen LogP contribution in [0.25, 0.3) is 0 Å². The molecule has 0 aliphatic rings. The Morgan fingerprint density at radius 3 is 2.21 bits per heavy atom. The van der Waals surface area contributed by atoms with Crippen molar-refractivity contribution in [1.29, 1.82) is 0 Å². The summed E-state index contributed by atoms with van der Waals surface area (Å²) < 4.78 is 1.46. The third-order valence-electron chi connectivity index (χ3n) is 4.64. The Morgan fingerprint density at radius 2 is 1.69 bits per heavy atom. The van der Waals surface area contributed by atoms with E-state index < -0.39 is 6.04 Å². The van der Waals surface area contributed by atoms with E-state index in [1.165, 1.54) is 24.3 Å². The van der Waals surface area contributed by atoms with Gasteiger partial charge in [0.25, 0.3) is 5.91 Å². The zero-order valence-corrected chi connectivity index (χ0v) is 16.6. The van der Waals surface area contributed by atoms with E-state index in [4.69, 9.17) is 0 Å². The number of H-pyrrole nitrogens is 1. The van der Waals surface area contributed by atoms with E-state index in [-0.39, 0.29) is 17.6 Å². The average Bonchev–Trinajstić information content (AvgIpc) is 3.30. The first-order chi connectivity index (χ1) is 13.8. The lowest BCUT2D eigenvalue weighted by Crippen LogP contribution is -2.24. The number of anilines is 2. The van der Waals surface area contributed by atoms with Gasteiger partial charge in [0.15, 0.2) is 5.78 Å². The normalized spacial score (nSPS) is 11.7. The average molecular weight is 394 g/mol. The van der Waals surface area contributed by atoms with Crippen LogP contribution in [0.4, 0.5) is 11.4 Å². The van der Waals surface area contributed by atoms with E-state index in [1.54, 1.807) is 45.0 Å². The molecule has 1 aromatic carbocycles. The maximum absolute atomic E-state index is 12.6. The molecule has 0 saturated heterocycles. The lowest BCUT2D eigenvalue weighted by atomic mass is 10.1. The number of Topliss-reactive ketones (excluding diaryl/α,β-unsaturated/α-hetero) is 1. The second kappa shape index (κ2) is 8.09. The van der Waals surface area contributed by atoms with Crippen LogP contribution in [0.3, 0.4) is 0 Å². The number of hydrogen-bond acceptors (Lipinski definition) is 5. The molecule has 29 heavy (non-hydrogen) atoms. The van der Waals surface area contributed by atoms with E-state index in [1.807, 2.05) is 0 Å². The Balaban J connectivity index is 1.66. The number of rotatable bonds is 6. The highest BCUT2D eigenvalue weighted by molar-refractivity contribution is 6.07. The van der Waals surface area contributed by atoms with E-state index in [9.17, 15) is 14.4 Å². The molecule has 0 aliphatic heterocycles. The predicted molar refractivity (Wildman–Crippen MR) is 108 cm³/mol. The van der Waals surface area contributed by atoms with Crippen molar-refractivity contribution in [1.82, 2.24) is 19.7 Å². The van der Waals surface area contributed by atoms with Gasteiger partial charge in [-0.2, -0.15) is 5.10 Å². The maximum Gasteiger partial charge on any atom is 0.272 e. The van der Waals surface area contributed by atoms with Crippen molar-refractivity contribution in [3.8, 4) is 0 Å². The van der Waals surface area contributed by atoms with Crippen LogP contribution in [0.2, 0.25) is 0 Å². The Labute approximate surface area is 167 Å². The summed E-state index contributed by atoms with van der Waals surface area (Å²) in [6.07, 6.45) is 2.85. The fourth-order valence-corrected chi connectivity index (χ4v) is 3.12. The molecule has 1 atom stereocenters. The fourth-order valence-electron chi connectivity index (χ4n) is 3.12. The van der Waals surface area contributed by atoms with Gasteiger partial charge in [0.05, 0.1) is 0 Å². The van der Waals surface area contributed by atoms with Gasteiger partial charge >= 0.3 is 0 Å². The van der Waals surface area contributed by atoms with Crippen LogP contribution < -0.4 is 10.6 Å². The van der Waals surface area contributed by atoms with Gasteiger partial charge in [-0.3, -0.25) is 14.4 Å². The van der Waals surface area contributed by atoms with Gasteiger partial charge in [0.2, 0.25) is 5.91 Å². The monoisotopic (exact) mass is 394 g/mol. The van der Waals surface area contributed by atoms with E-state index in [0.29, 0.717) is 33.9 Å². The molecule has 3 rings (SSSR count). The van der Waals surface area contributed by atoms with Gasteiger partial charge < -0.3 is 15.6 Å². The Kier molecular flexibility index (Phi) is 5.58. The SMILES string of the molecule is CC(=O)c1c(C)[nH]c(C(=O)Nc2ccc(NC(=O)C(C)n3cncn3)cc2)c1C. The molecule has 2 amide bonds. The Hall–Kier alpha value is -3.75. The molecule has 0 fully saturated rings. The molecule has 0 saturated carbocycles. The van der Waals surface area contributed by atoms with Crippen LogP contribution in [0, 0.1) is 13.8 Å². The highest BCUT2D eigenvalue weighted by Crippen LogP contribution is 2.21. The Morgan fingerprint density at radius 1 is 1.07 bits per heavy atom. The first kappa shape index (κ1) is 20.0. The number of carbonyl (C=O) groups excluding carboxylic acids is 3. The van der Waals surface area contributed by atoms with Gasteiger partial charge in [0.1, 0.15) is 24.4 Å². The molecule has 0 spiro atoms. The van der Waals surface area contributed by atoms with E-state index >= 15 is 0 Å².